The number of carbonyl (C=O) groups is 1. The lowest BCUT2D eigenvalue weighted by Crippen LogP contribution is -2.46. The van der Waals surface area contributed by atoms with Gasteiger partial charge in [-0.25, -0.2) is 4.79 Å². The van der Waals surface area contributed by atoms with Crippen LogP contribution in [0.25, 0.3) is 0 Å². The van der Waals surface area contributed by atoms with Gasteiger partial charge in [0.05, 0.1) is 6.10 Å². The summed E-state index contributed by atoms with van der Waals surface area (Å²) in [6.45, 7) is 8.80. The lowest BCUT2D eigenvalue weighted by molar-refractivity contribution is 0.0210. The zero-order valence-corrected chi connectivity index (χ0v) is 15.4. The molecule has 4 unspecified atom stereocenters. The first-order valence-electron chi connectivity index (χ1n) is 9.08. The number of rotatable bonds is 5. The van der Waals surface area contributed by atoms with Crippen molar-refractivity contribution in [3.63, 3.8) is 0 Å². The molecule has 1 saturated carbocycles. The molecule has 1 heterocycles. The molecule has 0 aromatic carbocycles. The fourth-order valence-electron chi connectivity index (χ4n) is 3.88. The molecule has 2 rings (SSSR count). The second-order valence-corrected chi connectivity index (χ2v) is 8.08. The first-order chi connectivity index (χ1) is 10.8. The van der Waals surface area contributed by atoms with Gasteiger partial charge < -0.3 is 19.7 Å². The van der Waals surface area contributed by atoms with Crippen LogP contribution in [0, 0.1) is 0 Å². The summed E-state index contributed by atoms with van der Waals surface area (Å²) in [4.78, 5) is 14.3. The van der Waals surface area contributed by atoms with Gasteiger partial charge >= 0.3 is 6.09 Å². The summed E-state index contributed by atoms with van der Waals surface area (Å²) in [6.07, 6.45) is 6.86. The van der Waals surface area contributed by atoms with Crippen LogP contribution in [-0.4, -0.2) is 54.5 Å². The van der Waals surface area contributed by atoms with Crippen molar-refractivity contribution in [1.29, 1.82) is 0 Å². The molecule has 5 heteroatoms. The minimum absolute atomic E-state index is 0.164. The molecule has 0 aromatic heterocycles. The Balaban J connectivity index is 1.84. The molecule has 0 radical (unpaired) electrons. The van der Waals surface area contributed by atoms with Crippen molar-refractivity contribution in [2.24, 2.45) is 0 Å². The van der Waals surface area contributed by atoms with E-state index >= 15 is 0 Å². The van der Waals surface area contributed by atoms with Crippen molar-refractivity contribution in [2.45, 2.75) is 96.1 Å². The highest BCUT2D eigenvalue weighted by Crippen LogP contribution is 2.26. The molecular formula is C18H34N2O3. The van der Waals surface area contributed by atoms with E-state index in [4.69, 9.17) is 9.47 Å². The number of nitrogens with one attached hydrogen (secondary N) is 1. The monoisotopic (exact) mass is 326 g/mol. The number of nitrogens with zero attached hydrogens (tertiary/aromatic N) is 1. The van der Waals surface area contributed by atoms with Gasteiger partial charge in [0, 0.05) is 31.8 Å². The Hall–Kier alpha value is -0.810. The Bertz CT molecular complexity index is 394. The third kappa shape index (κ3) is 5.35. The number of likely N-dealkylation sites (tertiary alicyclic amines) is 1. The lowest BCUT2D eigenvalue weighted by Gasteiger charge is -2.31. The van der Waals surface area contributed by atoms with Gasteiger partial charge in [-0.15, -0.1) is 0 Å². The van der Waals surface area contributed by atoms with Gasteiger partial charge in [0.15, 0.2) is 0 Å². The smallest absolute Gasteiger partial charge is 0.410 e. The average molecular weight is 326 g/mol. The summed E-state index contributed by atoms with van der Waals surface area (Å²) in [6, 6.07) is 1.12. The van der Waals surface area contributed by atoms with Crippen molar-refractivity contribution in [3.8, 4) is 0 Å². The second-order valence-electron chi connectivity index (χ2n) is 8.08. The van der Waals surface area contributed by atoms with Gasteiger partial charge in [0.1, 0.15) is 5.60 Å². The Morgan fingerprint density at radius 1 is 1.26 bits per heavy atom. The molecule has 1 aliphatic carbocycles. The van der Waals surface area contributed by atoms with Gasteiger partial charge in [0.25, 0.3) is 0 Å². The summed E-state index contributed by atoms with van der Waals surface area (Å²) < 4.78 is 11.1. The van der Waals surface area contributed by atoms with Crippen molar-refractivity contribution in [2.75, 3.05) is 13.7 Å². The van der Waals surface area contributed by atoms with Crippen LogP contribution in [0.4, 0.5) is 4.79 Å². The number of methoxy groups -OCH3 is 1. The zero-order chi connectivity index (χ0) is 17.0. The molecule has 1 amide bonds. The third-order valence-corrected chi connectivity index (χ3v) is 4.88. The molecule has 5 nitrogen and oxygen atoms in total. The average Bonchev–Trinajstić information content (AvgIpc) is 3.05. The van der Waals surface area contributed by atoms with E-state index in [9.17, 15) is 4.79 Å². The van der Waals surface area contributed by atoms with Crippen molar-refractivity contribution in [3.05, 3.63) is 0 Å². The van der Waals surface area contributed by atoms with Crippen LogP contribution in [0.3, 0.4) is 0 Å². The van der Waals surface area contributed by atoms with Gasteiger partial charge in [-0.2, -0.15) is 0 Å². The fourth-order valence-corrected chi connectivity index (χ4v) is 3.88. The maximum absolute atomic E-state index is 12.4. The number of amides is 1. The highest BCUT2D eigenvalue weighted by molar-refractivity contribution is 5.68. The first-order valence-corrected chi connectivity index (χ1v) is 9.08. The number of hydrogen-bond acceptors (Lipinski definition) is 4. The van der Waals surface area contributed by atoms with Gasteiger partial charge in [-0.1, -0.05) is 0 Å². The van der Waals surface area contributed by atoms with Crippen LogP contribution in [0.5, 0.6) is 0 Å². The van der Waals surface area contributed by atoms with E-state index in [0.717, 1.165) is 32.2 Å². The highest BCUT2D eigenvalue weighted by atomic mass is 16.6. The van der Waals surface area contributed by atoms with E-state index in [1.165, 1.54) is 12.8 Å². The summed E-state index contributed by atoms with van der Waals surface area (Å²) >= 11 is 0. The Morgan fingerprint density at radius 3 is 2.65 bits per heavy atom. The molecule has 2 fully saturated rings. The van der Waals surface area contributed by atoms with Crippen molar-refractivity contribution < 1.29 is 14.3 Å². The van der Waals surface area contributed by atoms with Gasteiger partial charge in [0.2, 0.25) is 0 Å². The standard InChI is InChI=1S/C18H34N2O3/c1-13(19-15-9-6-10-16(15)22-5)12-14-8-7-11-20(14)17(21)23-18(2,3)4/h13-16,19H,6-12H2,1-5H3. The molecule has 1 aliphatic heterocycles. The van der Waals surface area contributed by atoms with Crippen LogP contribution < -0.4 is 5.32 Å². The number of hydrogen-bond donors (Lipinski definition) is 1. The van der Waals surface area contributed by atoms with Crippen LogP contribution in [0.2, 0.25) is 0 Å². The van der Waals surface area contributed by atoms with E-state index < -0.39 is 5.60 Å². The van der Waals surface area contributed by atoms with Crippen LogP contribution in [0.1, 0.15) is 66.2 Å². The molecular weight excluding hydrogens is 292 g/mol. The van der Waals surface area contributed by atoms with Crippen LogP contribution in [-0.2, 0) is 9.47 Å². The summed E-state index contributed by atoms with van der Waals surface area (Å²) in [5.41, 5.74) is -0.427. The molecule has 1 saturated heterocycles. The number of carbonyl (C=O) groups excluding carboxylic acids is 1. The normalized spacial score (nSPS) is 29.8. The van der Waals surface area contributed by atoms with Gasteiger partial charge in [-0.05, 0) is 66.2 Å². The highest BCUT2D eigenvalue weighted by Gasteiger charge is 2.34. The Labute approximate surface area is 141 Å². The fraction of sp³-hybridized carbons (Fsp3) is 0.944. The molecule has 4 atom stereocenters. The third-order valence-electron chi connectivity index (χ3n) is 4.88. The summed E-state index contributed by atoms with van der Waals surface area (Å²) in [7, 11) is 1.80. The van der Waals surface area contributed by atoms with Crippen molar-refractivity contribution >= 4 is 6.09 Å². The van der Waals surface area contributed by atoms with Crippen LogP contribution in [0.15, 0.2) is 0 Å². The quantitative estimate of drug-likeness (QED) is 0.842. The van der Waals surface area contributed by atoms with E-state index in [-0.39, 0.29) is 12.1 Å². The van der Waals surface area contributed by atoms with E-state index in [1.54, 1.807) is 7.11 Å². The molecule has 23 heavy (non-hydrogen) atoms. The Kier molecular flexibility index (Phi) is 6.32. The van der Waals surface area contributed by atoms with E-state index in [0.29, 0.717) is 18.2 Å². The summed E-state index contributed by atoms with van der Waals surface area (Å²) in [5.74, 6) is 0. The van der Waals surface area contributed by atoms with Gasteiger partial charge in [-0.3, -0.25) is 0 Å². The minimum Gasteiger partial charge on any atom is -0.444 e. The van der Waals surface area contributed by atoms with Crippen LogP contribution >= 0.6 is 0 Å². The lowest BCUT2D eigenvalue weighted by atomic mass is 10.0. The zero-order valence-electron chi connectivity index (χ0n) is 15.4. The molecule has 0 spiro atoms. The molecule has 134 valence electrons. The van der Waals surface area contributed by atoms with E-state index in [2.05, 4.69) is 12.2 Å². The number of ether oxygens (including phenoxy) is 2. The second kappa shape index (κ2) is 7.84. The molecule has 0 aromatic rings. The topological polar surface area (TPSA) is 50.8 Å². The maximum Gasteiger partial charge on any atom is 0.410 e. The van der Waals surface area contributed by atoms with Crippen molar-refractivity contribution in [1.82, 2.24) is 10.2 Å². The largest absolute Gasteiger partial charge is 0.444 e. The predicted octanol–water partition coefficient (Wildman–Crippen LogP) is 3.32. The molecule has 1 N–H and O–H groups in total. The SMILES string of the molecule is COC1CCCC1NC(C)CC1CCCN1C(=O)OC(C)(C)C. The minimum atomic E-state index is -0.427. The Morgan fingerprint density at radius 2 is 2.00 bits per heavy atom. The maximum atomic E-state index is 12.4. The predicted molar refractivity (Wildman–Crippen MR) is 91.6 cm³/mol. The van der Waals surface area contributed by atoms with E-state index in [1.807, 2.05) is 25.7 Å². The summed E-state index contributed by atoms with van der Waals surface area (Å²) in [5, 5.41) is 3.71. The first kappa shape index (κ1) is 18.5. The molecule has 0 bridgehead atoms. The molecule has 2 aliphatic rings.